The van der Waals surface area contributed by atoms with Crippen molar-refractivity contribution in [1.29, 1.82) is 0 Å². The molecule has 0 atom stereocenters. The number of nitrogens with zero attached hydrogens (tertiary/aromatic N) is 2. The van der Waals surface area contributed by atoms with Crippen LogP contribution >= 0.6 is 27.5 Å². The average Bonchev–Trinajstić information content (AvgIpc) is 2.50. The zero-order chi connectivity index (χ0) is 16.1. The van der Waals surface area contributed by atoms with Crippen molar-refractivity contribution < 1.29 is 0 Å². The number of hydrogen-bond acceptors (Lipinski definition) is 1. The lowest BCUT2D eigenvalue weighted by Gasteiger charge is -2.13. The van der Waals surface area contributed by atoms with Gasteiger partial charge in [0.05, 0.1) is 12.0 Å². The normalized spacial score (nSPS) is 11.1. The maximum atomic E-state index is 6.28. The Morgan fingerprint density at radius 1 is 1.23 bits per heavy atom. The van der Waals surface area contributed by atoms with Crippen LogP contribution in [0.3, 0.4) is 0 Å². The predicted octanol–water partition coefficient (Wildman–Crippen LogP) is 5.61. The van der Waals surface area contributed by atoms with Gasteiger partial charge in [0.15, 0.2) is 0 Å². The number of hydrogen-bond donors (Lipinski definition) is 0. The van der Waals surface area contributed by atoms with Crippen molar-refractivity contribution in [3.8, 4) is 0 Å². The standard InChI is InChI=1S/C18H20BrClN2/c1-4-22(3)12-21-18-11-16(20)10-15(13(18)2)9-14-7-5-6-8-17(14)19/h5-8,10-12H,4,9H2,1-3H3/b21-12-. The molecule has 2 nitrogen and oxygen atoms in total. The van der Waals surface area contributed by atoms with Crippen LogP contribution in [0.25, 0.3) is 0 Å². The Morgan fingerprint density at radius 3 is 2.64 bits per heavy atom. The van der Waals surface area contributed by atoms with Crippen LogP contribution < -0.4 is 0 Å². The Hall–Kier alpha value is -1.32. The van der Waals surface area contributed by atoms with E-state index in [1.807, 2.05) is 36.5 Å². The molecule has 0 saturated heterocycles. The highest BCUT2D eigenvalue weighted by molar-refractivity contribution is 9.10. The Kier molecular flexibility index (Phi) is 6.04. The van der Waals surface area contributed by atoms with Gasteiger partial charge in [-0.15, -0.1) is 0 Å². The maximum Gasteiger partial charge on any atom is 0.0909 e. The number of aliphatic imine (C=N–C) groups is 1. The van der Waals surface area contributed by atoms with Crippen molar-refractivity contribution in [1.82, 2.24) is 4.90 Å². The summed E-state index contributed by atoms with van der Waals surface area (Å²) in [5.74, 6) is 0. The Bertz CT molecular complexity index is 683. The molecule has 0 aliphatic rings. The number of rotatable bonds is 5. The second kappa shape index (κ2) is 7.80. The highest BCUT2D eigenvalue weighted by Gasteiger charge is 2.08. The lowest BCUT2D eigenvalue weighted by molar-refractivity contribution is 0.552. The fourth-order valence-corrected chi connectivity index (χ4v) is 2.79. The van der Waals surface area contributed by atoms with Gasteiger partial charge in [-0.3, -0.25) is 0 Å². The van der Waals surface area contributed by atoms with Crippen LogP contribution in [-0.2, 0) is 6.42 Å². The van der Waals surface area contributed by atoms with Gasteiger partial charge in [0, 0.05) is 23.1 Å². The molecule has 0 saturated carbocycles. The molecule has 2 rings (SSSR count). The molecule has 2 aromatic rings. The minimum atomic E-state index is 0.721. The van der Waals surface area contributed by atoms with Crippen LogP contribution in [-0.4, -0.2) is 24.8 Å². The fraction of sp³-hybridized carbons (Fsp3) is 0.278. The molecular weight excluding hydrogens is 360 g/mol. The molecule has 0 unspecified atom stereocenters. The zero-order valence-electron chi connectivity index (χ0n) is 13.1. The van der Waals surface area contributed by atoms with Crippen molar-refractivity contribution in [3.05, 3.63) is 62.6 Å². The van der Waals surface area contributed by atoms with Crippen LogP contribution in [0.15, 0.2) is 45.9 Å². The third kappa shape index (κ3) is 4.34. The van der Waals surface area contributed by atoms with E-state index in [1.165, 1.54) is 16.7 Å². The van der Waals surface area contributed by atoms with Crippen LogP contribution in [0.5, 0.6) is 0 Å². The third-order valence-electron chi connectivity index (χ3n) is 3.68. The molecule has 0 aliphatic heterocycles. The van der Waals surface area contributed by atoms with E-state index in [4.69, 9.17) is 11.6 Å². The summed E-state index contributed by atoms with van der Waals surface area (Å²) in [6.07, 6.45) is 2.68. The fourth-order valence-electron chi connectivity index (χ4n) is 2.13. The van der Waals surface area contributed by atoms with Gasteiger partial charge in [-0.2, -0.15) is 0 Å². The van der Waals surface area contributed by atoms with E-state index in [1.54, 1.807) is 0 Å². The van der Waals surface area contributed by atoms with Gasteiger partial charge in [-0.05, 0) is 55.2 Å². The Balaban J connectivity index is 2.35. The first-order valence-corrected chi connectivity index (χ1v) is 8.45. The minimum absolute atomic E-state index is 0.721. The lowest BCUT2D eigenvalue weighted by Crippen LogP contribution is -2.14. The molecule has 0 bridgehead atoms. The van der Waals surface area contributed by atoms with Gasteiger partial charge in [0.2, 0.25) is 0 Å². The second-order valence-electron chi connectivity index (χ2n) is 5.30. The van der Waals surface area contributed by atoms with Crippen molar-refractivity contribution in [3.63, 3.8) is 0 Å². The van der Waals surface area contributed by atoms with Crippen LogP contribution in [0, 0.1) is 6.92 Å². The van der Waals surface area contributed by atoms with E-state index in [9.17, 15) is 0 Å². The summed E-state index contributed by atoms with van der Waals surface area (Å²) in [7, 11) is 2.01. The minimum Gasteiger partial charge on any atom is -0.366 e. The summed E-state index contributed by atoms with van der Waals surface area (Å²) < 4.78 is 1.12. The maximum absolute atomic E-state index is 6.28. The van der Waals surface area contributed by atoms with Crippen molar-refractivity contribution in [2.24, 2.45) is 4.99 Å². The molecule has 0 heterocycles. The number of halogens is 2. The predicted molar refractivity (Wildman–Crippen MR) is 99.6 cm³/mol. The van der Waals surface area contributed by atoms with Gasteiger partial charge >= 0.3 is 0 Å². The molecule has 0 radical (unpaired) electrons. The topological polar surface area (TPSA) is 15.6 Å². The molecule has 0 fully saturated rings. The van der Waals surface area contributed by atoms with Crippen molar-refractivity contribution in [2.45, 2.75) is 20.3 Å². The van der Waals surface area contributed by atoms with E-state index in [0.29, 0.717) is 0 Å². The van der Waals surface area contributed by atoms with Gasteiger partial charge in [0.25, 0.3) is 0 Å². The van der Waals surface area contributed by atoms with E-state index in [-0.39, 0.29) is 0 Å². The third-order valence-corrected chi connectivity index (χ3v) is 4.68. The Labute approximate surface area is 146 Å². The molecule has 22 heavy (non-hydrogen) atoms. The molecule has 116 valence electrons. The van der Waals surface area contributed by atoms with E-state index in [2.05, 4.69) is 53.0 Å². The summed E-state index contributed by atoms with van der Waals surface area (Å²) in [4.78, 5) is 6.60. The first-order chi connectivity index (χ1) is 10.5. The van der Waals surface area contributed by atoms with E-state index < -0.39 is 0 Å². The smallest absolute Gasteiger partial charge is 0.0909 e. The van der Waals surface area contributed by atoms with Crippen molar-refractivity contribution >= 4 is 39.6 Å². The molecule has 0 amide bonds. The molecule has 0 aliphatic carbocycles. The molecule has 0 spiro atoms. The van der Waals surface area contributed by atoms with E-state index in [0.717, 1.165) is 28.1 Å². The molecule has 4 heteroatoms. The highest BCUT2D eigenvalue weighted by atomic mass is 79.9. The first kappa shape index (κ1) is 17.0. The molecule has 0 N–H and O–H groups in total. The van der Waals surface area contributed by atoms with Gasteiger partial charge in [0.1, 0.15) is 0 Å². The van der Waals surface area contributed by atoms with Gasteiger partial charge in [-0.25, -0.2) is 4.99 Å². The lowest BCUT2D eigenvalue weighted by atomic mass is 9.99. The summed E-state index contributed by atoms with van der Waals surface area (Å²) in [5, 5.41) is 0.721. The van der Waals surface area contributed by atoms with Gasteiger partial charge in [-0.1, -0.05) is 45.7 Å². The SMILES string of the molecule is CCN(C)/C=N\c1cc(Cl)cc(Cc2ccccc2Br)c1C. The van der Waals surface area contributed by atoms with Crippen molar-refractivity contribution in [2.75, 3.05) is 13.6 Å². The highest BCUT2D eigenvalue weighted by Crippen LogP contribution is 2.30. The summed E-state index contributed by atoms with van der Waals surface area (Å²) in [6.45, 7) is 5.11. The largest absolute Gasteiger partial charge is 0.366 e. The van der Waals surface area contributed by atoms with Crippen LogP contribution in [0.1, 0.15) is 23.6 Å². The number of benzene rings is 2. The zero-order valence-corrected chi connectivity index (χ0v) is 15.4. The van der Waals surface area contributed by atoms with Gasteiger partial charge < -0.3 is 4.90 Å². The molecular formula is C18H20BrClN2. The molecule has 0 aromatic heterocycles. The average molecular weight is 380 g/mol. The van der Waals surface area contributed by atoms with Crippen LogP contribution in [0.2, 0.25) is 5.02 Å². The quantitative estimate of drug-likeness (QED) is 0.487. The molecule has 2 aromatic carbocycles. The monoisotopic (exact) mass is 378 g/mol. The Morgan fingerprint density at radius 2 is 1.95 bits per heavy atom. The summed E-state index contributed by atoms with van der Waals surface area (Å²) in [6, 6.07) is 12.2. The summed E-state index contributed by atoms with van der Waals surface area (Å²) in [5.41, 5.74) is 4.54. The first-order valence-electron chi connectivity index (χ1n) is 7.28. The van der Waals surface area contributed by atoms with E-state index >= 15 is 0 Å². The second-order valence-corrected chi connectivity index (χ2v) is 6.59. The van der Waals surface area contributed by atoms with Crippen LogP contribution in [0.4, 0.5) is 5.69 Å². The summed E-state index contributed by atoms with van der Waals surface area (Å²) >= 11 is 9.88.